The normalized spacial score (nSPS) is 11.1. The van der Waals surface area contributed by atoms with E-state index >= 15 is 0 Å². The highest BCUT2D eigenvalue weighted by atomic mass is 16.5. The topological polar surface area (TPSA) is 95.1 Å². The molecule has 0 radical (unpaired) electrons. The van der Waals surface area contributed by atoms with Crippen molar-refractivity contribution in [1.82, 2.24) is 25.3 Å². The molecule has 0 saturated carbocycles. The third-order valence-electron chi connectivity index (χ3n) is 5.36. The van der Waals surface area contributed by atoms with E-state index < -0.39 is 0 Å². The standard InChI is InChI=1S/C26H29N5O3/c1-17(2)14-22-16-24(26-29-28-18(3)34-26)30-31(22)21-7-5-6-20(15-21)25(32)27-13-12-19-8-10-23(33-4)11-9-19/h5-11,15-17H,12-14H2,1-4H3,(H,27,32). The molecule has 0 aliphatic heterocycles. The number of rotatable bonds is 9. The number of aromatic nitrogens is 4. The summed E-state index contributed by atoms with van der Waals surface area (Å²) in [6.45, 7) is 6.59. The molecule has 8 nitrogen and oxygen atoms in total. The van der Waals surface area contributed by atoms with Crippen LogP contribution in [0.2, 0.25) is 0 Å². The molecule has 0 spiro atoms. The fraction of sp³-hybridized carbons (Fsp3) is 0.308. The van der Waals surface area contributed by atoms with E-state index in [9.17, 15) is 4.79 Å². The van der Waals surface area contributed by atoms with Crippen molar-refractivity contribution in [2.75, 3.05) is 13.7 Å². The van der Waals surface area contributed by atoms with Crippen LogP contribution >= 0.6 is 0 Å². The van der Waals surface area contributed by atoms with Crippen LogP contribution in [0.25, 0.3) is 17.3 Å². The van der Waals surface area contributed by atoms with E-state index in [4.69, 9.17) is 14.3 Å². The van der Waals surface area contributed by atoms with Gasteiger partial charge in [0.1, 0.15) is 11.4 Å². The van der Waals surface area contributed by atoms with E-state index in [1.807, 2.05) is 53.2 Å². The fourth-order valence-corrected chi connectivity index (χ4v) is 3.71. The lowest BCUT2D eigenvalue weighted by atomic mass is 10.1. The van der Waals surface area contributed by atoms with E-state index in [1.165, 1.54) is 0 Å². The number of ether oxygens (including phenoxy) is 1. The molecule has 4 aromatic rings. The molecule has 34 heavy (non-hydrogen) atoms. The predicted molar refractivity (Wildman–Crippen MR) is 129 cm³/mol. The molecular formula is C26H29N5O3. The Balaban J connectivity index is 1.50. The molecule has 0 bridgehead atoms. The van der Waals surface area contributed by atoms with Crippen LogP contribution in [0.4, 0.5) is 0 Å². The lowest BCUT2D eigenvalue weighted by Gasteiger charge is -2.11. The highest BCUT2D eigenvalue weighted by molar-refractivity contribution is 5.94. The van der Waals surface area contributed by atoms with Crippen LogP contribution in [-0.4, -0.2) is 39.5 Å². The molecule has 4 rings (SSSR count). The minimum Gasteiger partial charge on any atom is -0.497 e. The Bertz CT molecular complexity index is 1260. The number of carbonyl (C=O) groups is 1. The Labute approximate surface area is 199 Å². The quantitative estimate of drug-likeness (QED) is 0.398. The summed E-state index contributed by atoms with van der Waals surface area (Å²) in [5.74, 6) is 1.99. The van der Waals surface area contributed by atoms with Gasteiger partial charge in [0.05, 0.1) is 12.8 Å². The van der Waals surface area contributed by atoms with Gasteiger partial charge < -0.3 is 14.5 Å². The Hall–Kier alpha value is -3.94. The summed E-state index contributed by atoms with van der Waals surface area (Å²) in [6, 6.07) is 17.3. The Morgan fingerprint density at radius 1 is 1.12 bits per heavy atom. The third-order valence-corrected chi connectivity index (χ3v) is 5.36. The van der Waals surface area contributed by atoms with Gasteiger partial charge in [-0.25, -0.2) is 4.68 Å². The number of aryl methyl sites for hydroxylation is 1. The second kappa shape index (κ2) is 10.3. The average molecular weight is 460 g/mol. The summed E-state index contributed by atoms with van der Waals surface area (Å²) < 4.78 is 12.6. The van der Waals surface area contributed by atoms with Crippen molar-refractivity contribution in [1.29, 1.82) is 0 Å². The number of carbonyl (C=O) groups excluding carboxylic acids is 1. The van der Waals surface area contributed by atoms with Gasteiger partial charge in [-0.1, -0.05) is 32.0 Å². The molecule has 0 aliphatic rings. The first kappa shape index (κ1) is 23.2. The lowest BCUT2D eigenvalue weighted by molar-refractivity contribution is 0.0954. The van der Waals surface area contributed by atoms with Crippen molar-refractivity contribution in [3.8, 4) is 23.0 Å². The van der Waals surface area contributed by atoms with Crippen LogP contribution < -0.4 is 10.1 Å². The molecule has 2 aromatic carbocycles. The number of amides is 1. The molecule has 0 fully saturated rings. The molecule has 0 unspecified atom stereocenters. The number of methoxy groups -OCH3 is 1. The van der Waals surface area contributed by atoms with E-state index in [-0.39, 0.29) is 5.91 Å². The Kier molecular flexibility index (Phi) is 7.06. The van der Waals surface area contributed by atoms with Gasteiger partial charge >= 0.3 is 0 Å². The zero-order valence-electron chi connectivity index (χ0n) is 19.9. The van der Waals surface area contributed by atoms with Gasteiger partial charge in [-0.15, -0.1) is 10.2 Å². The van der Waals surface area contributed by atoms with Crippen molar-refractivity contribution in [2.24, 2.45) is 5.92 Å². The number of hydrogen-bond donors (Lipinski definition) is 1. The van der Waals surface area contributed by atoms with Crippen LogP contribution in [0.15, 0.2) is 59.0 Å². The molecule has 1 amide bonds. The third kappa shape index (κ3) is 5.51. The van der Waals surface area contributed by atoms with Crippen molar-refractivity contribution < 1.29 is 13.9 Å². The van der Waals surface area contributed by atoms with Crippen molar-refractivity contribution in [3.05, 3.63) is 77.3 Å². The Morgan fingerprint density at radius 2 is 1.91 bits per heavy atom. The monoisotopic (exact) mass is 459 g/mol. The van der Waals surface area contributed by atoms with Crippen LogP contribution in [0, 0.1) is 12.8 Å². The highest BCUT2D eigenvalue weighted by Gasteiger charge is 2.17. The van der Waals surface area contributed by atoms with Crippen LogP contribution in [0.3, 0.4) is 0 Å². The summed E-state index contributed by atoms with van der Waals surface area (Å²) >= 11 is 0. The Morgan fingerprint density at radius 3 is 2.59 bits per heavy atom. The van der Waals surface area contributed by atoms with Crippen LogP contribution in [-0.2, 0) is 12.8 Å². The number of nitrogens with one attached hydrogen (secondary N) is 1. The van der Waals surface area contributed by atoms with Crippen LogP contribution in [0.5, 0.6) is 5.75 Å². The van der Waals surface area contributed by atoms with E-state index in [0.717, 1.165) is 35.5 Å². The van der Waals surface area contributed by atoms with Gasteiger partial charge in [0.25, 0.3) is 11.8 Å². The summed E-state index contributed by atoms with van der Waals surface area (Å²) in [4.78, 5) is 12.8. The summed E-state index contributed by atoms with van der Waals surface area (Å²) in [5, 5.41) is 15.7. The molecule has 2 heterocycles. The molecule has 8 heteroatoms. The van der Waals surface area contributed by atoms with Gasteiger partial charge in [-0.2, -0.15) is 5.10 Å². The highest BCUT2D eigenvalue weighted by Crippen LogP contribution is 2.23. The SMILES string of the molecule is COc1ccc(CCNC(=O)c2cccc(-n3nc(-c4nnc(C)o4)cc3CC(C)C)c2)cc1. The fourth-order valence-electron chi connectivity index (χ4n) is 3.71. The maximum Gasteiger partial charge on any atom is 0.268 e. The average Bonchev–Trinajstić information content (AvgIpc) is 3.45. The zero-order valence-corrected chi connectivity index (χ0v) is 19.9. The lowest BCUT2D eigenvalue weighted by Crippen LogP contribution is -2.25. The zero-order chi connectivity index (χ0) is 24.1. The molecule has 0 atom stereocenters. The first-order valence-electron chi connectivity index (χ1n) is 11.3. The second-order valence-electron chi connectivity index (χ2n) is 8.56. The molecule has 0 aliphatic carbocycles. The smallest absolute Gasteiger partial charge is 0.268 e. The molecule has 176 valence electrons. The summed E-state index contributed by atoms with van der Waals surface area (Å²) in [6.07, 6.45) is 1.55. The first-order chi connectivity index (χ1) is 16.4. The number of nitrogens with zero attached hydrogens (tertiary/aromatic N) is 4. The molecule has 1 N–H and O–H groups in total. The van der Waals surface area contributed by atoms with E-state index in [0.29, 0.717) is 35.5 Å². The van der Waals surface area contributed by atoms with Gasteiger partial charge in [-0.05, 0) is 60.7 Å². The second-order valence-corrected chi connectivity index (χ2v) is 8.56. The minimum absolute atomic E-state index is 0.124. The van der Waals surface area contributed by atoms with Gasteiger partial charge in [0, 0.05) is 24.7 Å². The van der Waals surface area contributed by atoms with Gasteiger partial charge in [0.15, 0.2) is 0 Å². The largest absolute Gasteiger partial charge is 0.497 e. The van der Waals surface area contributed by atoms with Gasteiger partial charge in [-0.3, -0.25) is 4.79 Å². The summed E-state index contributed by atoms with van der Waals surface area (Å²) in [5.41, 5.74) is 4.14. The summed E-state index contributed by atoms with van der Waals surface area (Å²) in [7, 11) is 1.64. The van der Waals surface area contributed by atoms with Crippen molar-refractivity contribution in [3.63, 3.8) is 0 Å². The molecular weight excluding hydrogens is 430 g/mol. The first-order valence-corrected chi connectivity index (χ1v) is 11.3. The van der Waals surface area contributed by atoms with E-state index in [1.54, 1.807) is 20.1 Å². The number of hydrogen-bond acceptors (Lipinski definition) is 6. The maximum absolute atomic E-state index is 12.8. The van der Waals surface area contributed by atoms with Crippen LogP contribution in [0.1, 0.15) is 41.4 Å². The van der Waals surface area contributed by atoms with E-state index in [2.05, 4.69) is 29.4 Å². The molecule has 2 aromatic heterocycles. The van der Waals surface area contributed by atoms with Crippen molar-refractivity contribution in [2.45, 2.75) is 33.6 Å². The molecule has 0 saturated heterocycles. The van der Waals surface area contributed by atoms with Gasteiger partial charge in [0.2, 0.25) is 5.89 Å². The number of benzene rings is 2. The van der Waals surface area contributed by atoms with Crippen molar-refractivity contribution >= 4 is 5.91 Å². The minimum atomic E-state index is -0.124. The predicted octanol–water partition coefficient (Wildman–Crippen LogP) is 4.41. The maximum atomic E-state index is 12.8.